The Morgan fingerprint density at radius 3 is 3.00 bits per heavy atom. The highest BCUT2D eigenvalue weighted by molar-refractivity contribution is 9.10. The molecule has 0 radical (unpaired) electrons. The molecule has 1 aromatic carbocycles. The second-order valence-electron chi connectivity index (χ2n) is 5.40. The number of carbonyl (C=O) groups excluding carboxylic acids is 1. The second kappa shape index (κ2) is 7.80. The molecule has 1 fully saturated rings. The van der Waals surface area contributed by atoms with Crippen molar-refractivity contribution in [2.75, 3.05) is 19.6 Å². The Bertz CT molecular complexity index is 475. The van der Waals surface area contributed by atoms with Crippen LogP contribution in [0.15, 0.2) is 28.7 Å². The number of benzene rings is 1. The molecule has 2 rings (SSSR count). The summed E-state index contributed by atoms with van der Waals surface area (Å²) in [6.45, 7) is 6.59. The number of nitrogens with zero attached hydrogens (tertiary/aromatic N) is 1. The van der Waals surface area contributed by atoms with E-state index in [1.54, 1.807) is 0 Å². The molecule has 1 aromatic rings. The molecule has 0 saturated carbocycles. The highest BCUT2D eigenvalue weighted by Crippen LogP contribution is 2.20. The van der Waals surface area contributed by atoms with Gasteiger partial charge in [0.05, 0.1) is 0 Å². The molecule has 0 aliphatic carbocycles. The van der Waals surface area contributed by atoms with Gasteiger partial charge in [-0.05, 0) is 44.5 Å². The Morgan fingerprint density at radius 1 is 1.57 bits per heavy atom. The molecule has 1 aliphatic rings. The Morgan fingerprint density at radius 2 is 2.38 bits per heavy atom. The van der Waals surface area contributed by atoms with Crippen molar-refractivity contribution in [2.45, 2.75) is 38.8 Å². The van der Waals surface area contributed by atoms with Gasteiger partial charge >= 0.3 is 0 Å². The van der Waals surface area contributed by atoms with E-state index in [-0.39, 0.29) is 5.91 Å². The highest BCUT2D eigenvalue weighted by Gasteiger charge is 2.29. The smallest absolute Gasteiger partial charge is 0.263 e. The molecule has 2 atom stereocenters. The van der Waals surface area contributed by atoms with E-state index in [2.05, 4.69) is 28.2 Å². The van der Waals surface area contributed by atoms with E-state index in [9.17, 15) is 4.79 Å². The van der Waals surface area contributed by atoms with E-state index >= 15 is 0 Å². The SMILES string of the molecule is CCCN(C(=O)C(C)Oc1cccc(Br)c1)C1CCNC1. The predicted molar refractivity (Wildman–Crippen MR) is 87.5 cm³/mol. The maximum Gasteiger partial charge on any atom is 0.263 e. The summed E-state index contributed by atoms with van der Waals surface area (Å²) < 4.78 is 6.75. The van der Waals surface area contributed by atoms with Crippen molar-refractivity contribution < 1.29 is 9.53 Å². The lowest BCUT2D eigenvalue weighted by atomic mass is 10.2. The van der Waals surface area contributed by atoms with E-state index in [4.69, 9.17) is 4.74 Å². The van der Waals surface area contributed by atoms with Crippen LogP contribution in [0.2, 0.25) is 0 Å². The van der Waals surface area contributed by atoms with Gasteiger partial charge in [-0.1, -0.05) is 28.9 Å². The van der Waals surface area contributed by atoms with Crippen molar-refractivity contribution in [1.82, 2.24) is 10.2 Å². The van der Waals surface area contributed by atoms with E-state index in [0.717, 1.165) is 36.9 Å². The zero-order valence-corrected chi connectivity index (χ0v) is 14.2. The van der Waals surface area contributed by atoms with Gasteiger partial charge in [0, 0.05) is 23.6 Å². The van der Waals surface area contributed by atoms with Gasteiger partial charge in [-0.15, -0.1) is 0 Å². The summed E-state index contributed by atoms with van der Waals surface area (Å²) in [4.78, 5) is 14.6. The lowest BCUT2D eigenvalue weighted by molar-refractivity contribution is -0.140. The molecule has 0 spiro atoms. The monoisotopic (exact) mass is 354 g/mol. The van der Waals surface area contributed by atoms with Gasteiger partial charge in [0.2, 0.25) is 0 Å². The Hall–Kier alpha value is -1.07. The molecule has 1 aliphatic heterocycles. The van der Waals surface area contributed by atoms with Gasteiger partial charge in [-0.2, -0.15) is 0 Å². The minimum absolute atomic E-state index is 0.0746. The topological polar surface area (TPSA) is 41.6 Å². The van der Waals surface area contributed by atoms with Gasteiger partial charge in [0.25, 0.3) is 5.91 Å². The van der Waals surface area contributed by atoms with Crippen LogP contribution in [0, 0.1) is 0 Å². The fourth-order valence-corrected chi connectivity index (χ4v) is 3.03. The lowest BCUT2D eigenvalue weighted by Crippen LogP contribution is -2.47. The summed E-state index contributed by atoms with van der Waals surface area (Å²) >= 11 is 3.41. The quantitative estimate of drug-likeness (QED) is 0.853. The molecule has 1 saturated heterocycles. The number of amides is 1. The number of carbonyl (C=O) groups is 1. The fraction of sp³-hybridized carbons (Fsp3) is 0.562. The van der Waals surface area contributed by atoms with Gasteiger partial charge < -0.3 is 15.0 Å². The maximum atomic E-state index is 12.7. The van der Waals surface area contributed by atoms with Crippen LogP contribution in [0.5, 0.6) is 5.75 Å². The normalized spacial score (nSPS) is 19.3. The number of hydrogen-bond donors (Lipinski definition) is 1. The van der Waals surface area contributed by atoms with Crippen LogP contribution in [0.1, 0.15) is 26.7 Å². The number of halogens is 1. The molecular weight excluding hydrogens is 332 g/mol. The molecule has 4 nitrogen and oxygen atoms in total. The number of rotatable bonds is 6. The molecule has 5 heteroatoms. The van der Waals surface area contributed by atoms with E-state index in [1.807, 2.05) is 36.1 Å². The molecule has 0 aromatic heterocycles. The first-order chi connectivity index (χ1) is 10.1. The molecule has 1 heterocycles. The first-order valence-corrected chi connectivity index (χ1v) is 8.34. The average molecular weight is 355 g/mol. The summed E-state index contributed by atoms with van der Waals surface area (Å²) in [5.74, 6) is 0.789. The zero-order valence-electron chi connectivity index (χ0n) is 12.6. The van der Waals surface area contributed by atoms with Crippen molar-refractivity contribution in [3.8, 4) is 5.75 Å². The predicted octanol–water partition coefficient (Wildman–Crippen LogP) is 2.82. The summed E-state index contributed by atoms with van der Waals surface area (Å²) in [7, 11) is 0. The molecule has 116 valence electrons. The third-order valence-electron chi connectivity index (χ3n) is 3.68. The van der Waals surface area contributed by atoms with E-state index in [1.165, 1.54) is 0 Å². The standard InChI is InChI=1S/C16H23BrN2O2/c1-3-9-19(14-7-8-18-11-14)16(20)12(2)21-15-6-4-5-13(17)10-15/h4-6,10,12,14,18H,3,7-9,11H2,1-2H3. The van der Waals surface area contributed by atoms with Crippen molar-refractivity contribution >= 4 is 21.8 Å². The van der Waals surface area contributed by atoms with Crippen LogP contribution >= 0.6 is 15.9 Å². The van der Waals surface area contributed by atoms with Crippen LogP contribution in [0.25, 0.3) is 0 Å². The number of ether oxygens (including phenoxy) is 1. The Labute approximate surface area is 135 Å². The van der Waals surface area contributed by atoms with Crippen molar-refractivity contribution in [1.29, 1.82) is 0 Å². The Kier molecular flexibility index (Phi) is 6.06. The van der Waals surface area contributed by atoms with Crippen LogP contribution in [0.3, 0.4) is 0 Å². The maximum absolute atomic E-state index is 12.7. The highest BCUT2D eigenvalue weighted by atomic mass is 79.9. The zero-order chi connectivity index (χ0) is 15.2. The number of hydrogen-bond acceptors (Lipinski definition) is 3. The van der Waals surface area contributed by atoms with Gasteiger partial charge in [-0.3, -0.25) is 4.79 Å². The third kappa shape index (κ3) is 4.45. The summed E-state index contributed by atoms with van der Waals surface area (Å²) in [5.41, 5.74) is 0. The third-order valence-corrected chi connectivity index (χ3v) is 4.17. The van der Waals surface area contributed by atoms with E-state index in [0.29, 0.717) is 11.8 Å². The second-order valence-corrected chi connectivity index (χ2v) is 6.31. The van der Waals surface area contributed by atoms with Crippen LogP contribution in [-0.2, 0) is 4.79 Å². The van der Waals surface area contributed by atoms with Crippen LogP contribution in [0.4, 0.5) is 0 Å². The minimum Gasteiger partial charge on any atom is -0.481 e. The van der Waals surface area contributed by atoms with Gasteiger partial charge in [0.1, 0.15) is 5.75 Å². The molecule has 1 amide bonds. The average Bonchev–Trinajstić information content (AvgIpc) is 2.98. The number of nitrogens with one attached hydrogen (secondary N) is 1. The first-order valence-electron chi connectivity index (χ1n) is 7.55. The van der Waals surface area contributed by atoms with Crippen LogP contribution in [-0.4, -0.2) is 42.6 Å². The summed E-state index contributed by atoms with van der Waals surface area (Å²) in [6.07, 6.45) is 1.52. The molecule has 0 bridgehead atoms. The Balaban J connectivity index is 2.01. The van der Waals surface area contributed by atoms with E-state index < -0.39 is 6.10 Å². The van der Waals surface area contributed by atoms with Gasteiger partial charge in [-0.25, -0.2) is 0 Å². The van der Waals surface area contributed by atoms with Crippen molar-refractivity contribution in [3.63, 3.8) is 0 Å². The molecule has 21 heavy (non-hydrogen) atoms. The molecule has 2 unspecified atom stereocenters. The lowest BCUT2D eigenvalue weighted by Gasteiger charge is -2.30. The van der Waals surface area contributed by atoms with Crippen molar-refractivity contribution in [2.24, 2.45) is 0 Å². The molecular formula is C16H23BrN2O2. The first kappa shape index (κ1) is 16.3. The van der Waals surface area contributed by atoms with Crippen molar-refractivity contribution in [3.05, 3.63) is 28.7 Å². The fourth-order valence-electron chi connectivity index (χ4n) is 2.65. The summed E-state index contributed by atoms with van der Waals surface area (Å²) in [5, 5.41) is 3.32. The van der Waals surface area contributed by atoms with Crippen LogP contribution < -0.4 is 10.1 Å². The summed E-state index contributed by atoms with van der Waals surface area (Å²) in [6, 6.07) is 7.89. The minimum atomic E-state index is -0.466. The largest absolute Gasteiger partial charge is 0.481 e. The molecule has 1 N–H and O–H groups in total. The van der Waals surface area contributed by atoms with Gasteiger partial charge in [0.15, 0.2) is 6.10 Å².